The monoisotopic (exact) mass is 466 g/mol. The summed E-state index contributed by atoms with van der Waals surface area (Å²) in [6, 6.07) is 12.3. The number of carbonyl (C=O) groups is 2. The summed E-state index contributed by atoms with van der Waals surface area (Å²) in [7, 11) is 1.61. The summed E-state index contributed by atoms with van der Waals surface area (Å²) in [6.07, 6.45) is 4.95. The number of hydrogen-bond donors (Lipinski definition) is 2. The normalized spacial score (nSPS) is 21.9. The fourth-order valence-electron chi connectivity index (χ4n) is 5.06. The van der Waals surface area contributed by atoms with Crippen molar-refractivity contribution in [2.75, 3.05) is 24.1 Å². The van der Waals surface area contributed by atoms with E-state index in [4.69, 9.17) is 4.74 Å². The first-order valence-electron chi connectivity index (χ1n) is 11.1. The molecule has 5 rings (SSSR count). The summed E-state index contributed by atoms with van der Waals surface area (Å²) in [6.45, 7) is 0. The third kappa shape index (κ3) is 3.85. The molecule has 0 spiro atoms. The number of amides is 2. The minimum atomic E-state index is -1.28. The molecule has 9 heteroatoms. The lowest BCUT2D eigenvalue weighted by molar-refractivity contribution is -0.141. The molecule has 8 nitrogen and oxygen atoms in total. The Labute approximate surface area is 194 Å². The first kappa shape index (κ1) is 21.8. The molecule has 1 aliphatic heterocycles. The Bertz CT molecular complexity index is 1170. The molecule has 2 atom stereocenters. The number of hydrogen-bond acceptors (Lipinski definition) is 5. The number of aromatic amines is 1. The van der Waals surface area contributed by atoms with Gasteiger partial charge in [-0.15, -0.1) is 0 Å². The fourth-order valence-corrected chi connectivity index (χ4v) is 6.46. The van der Waals surface area contributed by atoms with Gasteiger partial charge < -0.3 is 14.6 Å². The van der Waals surface area contributed by atoms with Gasteiger partial charge in [0, 0.05) is 5.39 Å². The summed E-state index contributed by atoms with van der Waals surface area (Å²) in [5.74, 6) is 0.498. The largest absolute Gasteiger partial charge is 0.615 e. The van der Waals surface area contributed by atoms with Crippen LogP contribution in [0.4, 0.5) is 5.69 Å². The number of rotatable bonds is 5. The Balaban J connectivity index is 1.43. The highest BCUT2D eigenvalue weighted by atomic mass is 32.2. The summed E-state index contributed by atoms with van der Waals surface area (Å²) >= 11 is -1.28. The van der Waals surface area contributed by atoms with E-state index in [0.29, 0.717) is 18.5 Å². The summed E-state index contributed by atoms with van der Waals surface area (Å²) < 4.78 is 17.8. The molecule has 1 saturated carbocycles. The van der Waals surface area contributed by atoms with Gasteiger partial charge in [-0.3, -0.25) is 19.6 Å². The third-order valence-electron chi connectivity index (χ3n) is 6.82. The zero-order valence-electron chi connectivity index (χ0n) is 18.4. The van der Waals surface area contributed by atoms with Gasteiger partial charge >= 0.3 is 0 Å². The van der Waals surface area contributed by atoms with Crippen molar-refractivity contribution in [2.24, 2.45) is 0 Å². The van der Waals surface area contributed by atoms with Gasteiger partial charge in [-0.25, -0.2) is 0 Å². The van der Waals surface area contributed by atoms with Crippen molar-refractivity contribution in [3.8, 4) is 5.75 Å². The molecule has 2 aliphatic rings. The van der Waals surface area contributed by atoms with Gasteiger partial charge in [-0.05, 0) is 53.8 Å². The highest BCUT2D eigenvalue weighted by Gasteiger charge is 2.51. The molecule has 1 unspecified atom stereocenters. The molecule has 2 fully saturated rings. The maximum atomic E-state index is 14.0. The predicted octanol–water partition coefficient (Wildman–Crippen LogP) is 2.94. The summed E-state index contributed by atoms with van der Waals surface area (Å²) in [5.41, 5.74) is 1.64. The second-order valence-electron chi connectivity index (χ2n) is 8.67. The van der Waals surface area contributed by atoms with Gasteiger partial charge in [0.2, 0.25) is 5.91 Å². The Kier molecular flexibility index (Phi) is 5.76. The van der Waals surface area contributed by atoms with E-state index < -0.39 is 22.6 Å². The summed E-state index contributed by atoms with van der Waals surface area (Å²) in [5, 5.41) is 10.6. The molecule has 1 aliphatic carbocycles. The lowest BCUT2D eigenvalue weighted by Gasteiger charge is -2.33. The minimum Gasteiger partial charge on any atom is -0.615 e. The number of fused-ring (bicyclic) bond motifs is 1. The summed E-state index contributed by atoms with van der Waals surface area (Å²) in [4.78, 5) is 28.8. The average Bonchev–Trinajstić information content (AvgIpc) is 3.59. The number of nitrogens with one attached hydrogen (secondary N) is 2. The number of carbonyl (C=O) groups excluding carboxylic acids is 2. The number of ether oxygens (including phenoxy) is 1. The van der Waals surface area contributed by atoms with E-state index in [0.717, 1.165) is 35.1 Å². The first-order chi connectivity index (χ1) is 16.0. The van der Waals surface area contributed by atoms with Crippen molar-refractivity contribution in [1.29, 1.82) is 0 Å². The van der Waals surface area contributed by atoms with Crippen LogP contribution >= 0.6 is 0 Å². The van der Waals surface area contributed by atoms with Crippen molar-refractivity contribution in [1.82, 2.24) is 15.1 Å². The van der Waals surface area contributed by atoms with Crippen LogP contribution in [0.3, 0.4) is 0 Å². The van der Waals surface area contributed by atoms with Gasteiger partial charge in [0.15, 0.2) is 11.9 Å². The Hall–Kier alpha value is -3.04. The zero-order chi connectivity index (χ0) is 23.0. The lowest BCUT2D eigenvalue weighted by atomic mass is 9.77. The lowest BCUT2D eigenvalue weighted by Crippen LogP contribution is -2.51. The SMILES string of the molecule is COc1ccc(C2(C(=O)N3C[S+]([O-])C[C@@H]3C(=O)Nc3cccc4[nH]ncc34)CCCC2)cc1. The van der Waals surface area contributed by atoms with Crippen LogP contribution in [0.15, 0.2) is 48.7 Å². The maximum Gasteiger partial charge on any atom is 0.252 e. The quantitative estimate of drug-likeness (QED) is 0.562. The van der Waals surface area contributed by atoms with Crippen molar-refractivity contribution >= 4 is 39.6 Å². The van der Waals surface area contributed by atoms with E-state index in [-0.39, 0.29) is 23.4 Å². The molecule has 2 amide bonds. The van der Waals surface area contributed by atoms with Crippen LogP contribution in [0, 0.1) is 0 Å². The number of H-pyrrole nitrogens is 1. The maximum absolute atomic E-state index is 14.0. The molecule has 3 aromatic rings. The number of anilines is 1. The predicted molar refractivity (Wildman–Crippen MR) is 126 cm³/mol. The highest BCUT2D eigenvalue weighted by molar-refractivity contribution is 7.91. The van der Waals surface area contributed by atoms with Crippen LogP contribution in [0.25, 0.3) is 10.9 Å². The molecule has 1 saturated heterocycles. The van der Waals surface area contributed by atoms with E-state index in [9.17, 15) is 14.1 Å². The Morgan fingerprint density at radius 3 is 2.70 bits per heavy atom. The number of nitrogens with zero attached hydrogens (tertiary/aromatic N) is 2. The van der Waals surface area contributed by atoms with Gasteiger partial charge in [-0.1, -0.05) is 31.0 Å². The number of benzene rings is 2. The van der Waals surface area contributed by atoms with Gasteiger partial charge in [0.25, 0.3) is 5.91 Å². The molecule has 2 heterocycles. The zero-order valence-corrected chi connectivity index (χ0v) is 19.2. The topological polar surface area (TPSA) is 110 Å². The molecule has 33 heavy (non-hydrogen) atoms. The van der Waals surface area contributed by atoms with E-state index in [1.54, 1.807) is 19.4 Å². The van der Waals surface area contributed by atoms with Crippen LogP contribution in [0.2, 0.25) is 0 Å². The Morgan fingerprint density at radius 2 is 1.97 bits per heavy atom. The van der Waals surface area contributed by atoms with Gasteiger partial charge in [0.05, 0.1) is 29.9 Å². The van der Waals surface area contributed by atoms with Gasteiger partial charge in [-0.2, -0.15) is 5.10 Å². The molecule has 2 N–H and O–H groups in total. The molecule has 1 aromatic heterocycles. The third-order valence-corrected chi connectivity index (χ3v) is 8.07. The van der Waals surface area contributed by atoms with Crippen molar-refractivity contribution in [3.05, 3.63) is 54.2 Å². The number of aromatic nitrogens is 2. The van der Waals surface area contributed by atoms with E-state index in [1.165, 1.54) is 4.90 Å². The standard InChI is InChI=1S/C24H26N4O4S/c1-32-17-9-7-16(8-10-17)24(11-2-3-12-24)23(30)28-15-33(31)14-21(28)22(29)26-19-5-4-6-20-18(19)13-25-27-20/h4-10,13,21H,2-3,11-12,14-15H2,1H3,(H,25,27)(H,26,29)/t21-,33?/m1/s1. The smallest absolute Gasteiger partial charge is 0.252 e. The molecule has 172 valence electrons. The minimum absolute atomic E-state index is 0.0741. The van der Waals surface area contributed by atoms with Crippen LogP contribution in [0.1, 0.15) is 31.2 Å². The molecule has 0 radical (unpaired) electrons. The van der Waals surface area contributed by atoms with Crippen molar-refractivity contribution in [3.63, 3.8) is 0 Å². The van der Waals surface area contributed by atoms with Gasteiger partial charge in [0.1, 0.15) is 11.5 Å². The average molecular weight is 467 g/mol. The van der Waals surface area contributed by atoms with Crippen molar-refractivity contribution < 1.29 is 18.9 Å². The van der Waals surface area contributed by atoms with Crippen LogP contribution < -0.4 is 10.1 Å². The van der Waals surface area contributed by atoms with Crippen LogP contribution in [-0.4, -0.2) is 56.2 Å². The first-order valence-corrected chi connectivity index (χ1v) is 12.5. The molecular weight excluding hydrogens is 440 g/mol. The van der Waals surface area contributed by atoms with Crippen LogP contribution in [0.5, 0.6) is 5.75 Å². The number of methoxy groups -OCH3 is 1. The molecule has 0 bridgehead atoms. The Morgan fingerprint density at radius 1 is 1.21 bits per heavy atom. The van der Waals surface area contributed by atoms with Crippen molar-refractivity contribution in [2.45, 2.75) is 37.1 Å². The van der Waals surface area contributed by atoms with E-state index >= 15 is 0 Å². The second kappa shape index (κ2) is 8.72. The fraction of sp³-hybridized carbons (Fsp3) is 0.375. The second-order valence-corrected chi connectivity index (χ2v) is 10.1. The molecular formula is C24H26N4O4S. The van der Waals surface area contributed by atoms with Crippen LogP contribution in [-0.2, 0) is 26.2 Å². The van der Waals surface area contributed by atoms with E-state index in [2.05, 4.69) is 15.5 Å². The highest BCUT2D eigenvalue weighted by Crippen LogP contribution is 2.44. The molecule has 2 aromatic carbocycles. The van der Waals surface area contributed by atoms with E-state index in [1.807, 2.05) is 36.4 Å².